The molecule has 1 aliphatic heterocycles. The molecule has 0 N–H and O–H groups in total. The van der Waals surface area contributed by atoms with Gasteiger partial charge in [0.1, 0.15) is 5.82 Å². The third-order valence-electron chi connectivity index (χ3n) is 6.93. The van der Waals surface area contributed by atoms with E-state index in [1.54, 1.807) is 6.07 Å². The maximum Gasteiger partial charge on any atom is 0.123 e. The van der Waals surface area contributed by atoms with Gasteiger partial charge < -0.3 is 4.74 Å². The molecule has 1 fully saturated rings. The number of hydrogen-bond acceptors (Lipinski definition) is 3. The third kappa shape index (κ3) is 2.66. The molecule has 1 aromatic heterocycles. The number of halogens is 1. The van der Waals surface area contributed by atoms with Crippen LogP contribution in [0.3, 0.4) is 0 Å². The molecule has 1 saturated carbocycles. The zero-order chi connectivity index (χ0) is 19.4. The van der Waals surface area contributed by atoms with Crippen molar-refractivity contribution in [1.29, 1.82) is 0 Å². The molecule has 2 aromatic carbocycles. The van der Waals surface area contributed by atoms with Gasteiger partial charge in [0.15, 0.2) is 0 Å². The Balaban J connectivity index is 1.55. The smallest absolute Gasteiger partial charge is 0.123 e. The number of nitrogens with zero attached hydrogens (tertiary/aromatic N) is 1. The highest BCUT2D eigenvalue weighted by molar-refractivity contribution is 7.19. The summed E-state index contributed by atoms with van der Waals surface area (Å²) in [6.45, 7) is 0.800. The van der Waals surface area contributed by atoms with E-state index in [9.17, 15) is 4.39 Å². The van der Waals surface area contributed by atoms with E-state index >= 15 is 0 Å². The molecule has 0 atom stereocenters. The van der Waals surface area contributed by atoms with Crippen molar-refractivity contribution in [3.8, 4) is 0 Å². The molecule has 1 aliphatic carbocycles. The van der Waals surface area contributed by atoms with Crippen molar-refractivity contribution >= 4 is 21.4 Å². The first-order chi connectivity index (χ1) is 13.5. The molecule has 2 heterocycles. The maximum absolute atomic E-state index is 14.0. The average molecular weight is 396 g/mol. The van der Waals surface area contributed by atoms with Crippen molar-refractivity contribution in [1.82, 2.24) is 4.90 Å². The fraction of sp³-hybridized carbons (Fsp3) is 0.417. The highest BCUT2D eigenvalue weighted by Gasteiger charge is 2.49. The summed E-state index contributed by atoms with van der Waals surface area (Å²) >= 11 is 1.93. The fourth-order valence-corrected chi connectivity index (χ4v) is 6.69. The lowest BCUT2D eigenvalue weighted by Gasteiger charge is -2.51. The summed E-state index contributed by atoms with van der Waals surface area (Å²) in [6.07, 6.45) is 4.88. The predicted molar refractivity (Wildman–Crippen MR) is 113 cm³/mol. The summed E-state index contributed by atoms with van der Waals surface area (Å²) in [5.41, 5.74) is 2.18. The summed E-state index contributed by atoms with van der Waals surface area (Å²) in [4.78, 5) is 3.78. The standard InChI is InChI=1S/C24H26FNOS/c1-26(2)23(17-6-5-7-18(25)16-17)11-13-24(14-12-23)22-19-8-3-4-9-20(19)28-21(22)10-15-27-24/h3-9,16H,10-15H2,1-2H3. The Morgan fingerprint density at radius 3 is 2.54 bits per heavy atom. The highest BCUT2D eigenvalue weighted by Crippen LogP contribution is 2.54. The topological polar surface area (TPSA) is 12.5 Å². The molecule has 2 nitrogen and oxygen atoms in total. The van der Waals surface area contributed by atoms with Gasteiger partial charge in [-0.15, -0.1) is 11.3 Å². The van der Waals surface area contributed by atoms with Gasteiger partial charge in [-0.25, -0.2) is 4.39 Å². The number of benzene rings is 2. The predicted octanol–water partition coefficient (Wildman–Crippen LogP) is 5.84. The van der Waals surface area contributed by atoms with Gasteiger partial charge in [-0.1, -0.05) is 30.3 Å². The van der Waals surface area contributed by atoms with Crippen LogP contribution >= 0.6 is 11.3 Å². The van der Waals surface area contributed by atoms with E-state index in [1.807, 2.05) is 17.4 Å². The zero-order valence-electron chi connectivity index (χ0n) is 16.5. The lowest BCUT2D eigenvalue weighted by Crippen LogP contribution is -2.49. The van der Waals surface area contributed by atoms with E-state index in [0.717, 1.165) is 44.3 Å². The van der Waals surface area contributed by atoms with E-state index in [0.29, 0.717) is 0 Å². The molecule has 4 heteroatoms. The Labute approximate surface area is 169 Å². The molecular weight excluding hydrogens is 369 g/mol. The number of hydrogen-bond donors (Lipinski definition) is 0. The van der Waals surface area contributed by atoms with Crippen LogP contribution < -0.4 is 0 Å². The minimum atomic E-state index is -0.194. The van der Waals surface area contributed by atoms with Crippen LogP contribution in [-0.4, -0.2) is 25.6 Å². The summed E-state index contributed by atoms with van der Waals surface area (Å²) in [7, 11) is 4.24. The second-order valence-corrected chi connectivity index (χ2v) is 9.56. The van der Waals surface area contributed by atoms with Gasteiger partial charge in [-0.3, -0.25) is 4.90 Å². The van der Waals surface area contributed by atoms with Gasteiger partial charge in [-0.05, 0) is 68.9 Å². The summed E-state index contributed by atoms with van der Waals surface area (Å²) in [6, 6.07) is 15.9. The summed E-state index contributed by atoms with van der Waals surface area (Å²) < 4.78 is 21.9. The Hall–Kier alpha value is -1.75. The molecule has 146 valence electrons. The van der Waals surface area contributed by atoms with Crippen molar-refractivity contribution in [2.75, 3.05) is 20.7 Å². The quantitative estimate of drug-likeness (QED) is 0.540. The van der Waals surface area contributed by atoms with E-state index in [4.69, 9.17) is 4.74 Å². The summed E-state index contributed by atoms with van der Waals surface area (Å²) in [5.74, 6) is -0.154. The van der Waals surface area contributed by atoms with E-state index in [-0.39, 0.29) is 17.0 Å². The molecule has 0 amide bonds. The van der Waals surface area contributed by atoms with Gasteiger partial charge in [0.2, 0.25) is 0 Å². The molecule has 5 rings (SSSR count). The normalized spacial score (nSPS) is 27.4. The second-order valence-electron chi connectivity index (χ2n) is 8.43. The van der Waals surface area contributed by atoms with Crippen LogP contribution in [0, 0.1) is 5.82 Å². The van der Waals surface area contributed by atoms with Gasteiger partial charge >= 0.3 is 0 Å². The number of rotatable bonds is 2. The Morgan fingerprint density at radius 1 is 1.00 bits per heavy atom. The van der Waals surface area contributed by atoms with Crippen molar-refractivity contribution in [2.45, 2.75) is 43.2 Å². The fourth-order valence-electron chi connectivity index (χ4n) is 5.42. The minimum Gasteiger partial charge on any atom is -0.370 e. The van der Waals surface area contributed by atoms with Crippen LogP contribution in [0.4, 0.5) is 4.39 Å². The first kappa shape index (κ1) is 18.3. The van der Waals surface area contributed by atoms with Crippen molar-refractivity contribution in [2.24, 2.45) is 0 Å². The van der Waals surface area contributed by atoms with Crippen LogP contribution in [0.15, 0.2) is 48.5 Å². The van der Waals surface area contributed by atoms with Crippen LogP contribution in [-0.2, 0) is 22.3 Å². The second kappa shape index (κ2) is 6.65. The van der Waals surface area contributed by atoms with Crippen LogP contribution in [0.5, 0.6) is 0 Å². The maximum atomic E-state index is 14.0. The Kier molecular flexibility index (Phi) is 4.34. The molecule has 0 unspecified atom stereocenters. The third-order valence-corrected chi connectivity index (χ3v) is 8.16. The minimum absolute atomic E-state index is 0.139. The first-order valence-electron chi connectivity index (χ1n) is 10.1. The van der Waals surface area contributed by atoms with Crippen LogP contribution in [0.2, 0.25) is 0 Å². The van der Waals surface area contributed by atoms with E-state index < -0.39 is 0 Å². The van der Waals surface area contributed by atoms with Gasteiger partial charge in [0.25, 0.3) is 0 Å². The lowest BCUT2D eigenvalue weighted by molar-refractivity contribution is -0.109. The average Bonchev–Trinajstić information content (AvgIpc) is 3.09. The number of fused-ring (bicyclic) bond motifs is 4. The van der Waals surface area contributed by atoms with Crippen molar-refractivity contribution in [3.05, 3.63) is 70.4 Å². The Bertz CT molecular complexity index is 1020. The number of thiophene rings is 1. The van der Waals surface area contributed by atoms with Crippen molar-refractivity contribution in [3.63, 3.8) is 0 Å². The van der Waals surface area contributed by atoms with E-state index in [2.05, 4.69) is 49.3 Å². The SMILES string of the molecule is CN(C)C1(c2cccc(F)c2)CCC2(CC1)OCCc1sc3ccccc3c12. The Morgan fingerprint density at radius 2 is 1.79 bits per heavy atom. The molecule has 0 bridgehead atoms. The molecule has 3 aromatic rings. The van der Waals surface area contributed by atoms with Gasteiger partial charge in [0, 0.05) is 27.1 Å². The van der Waals surface area contributed by atoms with Crippen LogP contribution in [0.1, 0.15) is 41.7 Å². The highest BCUT2D eigenvalue weighted by atomic mass is 32.1. The molecule has 0 radical (unpaired) electrons. The van der Waals surface area contributed by atoms with Gasteiger partial charge in [-0.2, -0.15) is 0 Å². The van der Waals surface area contributed by atoms with Crippen LogP contribution in [0.25, 0.3) is 10.1 Å². The summed E-state index contributed by atoms with van der Waals surface area (Å²) in [5, 5.41) is 1.37. The monoisotopic (exact) mass is 395 g/mol. The lowest BCUT2D eigenvalue weighted by atomic mass is 9.67. The van der Waals surface area contributed by atoms with Crippen molar-refractivity contribution < 1.29 is 9.13 Å². The molecular formula is C24H26FNOS. The molecule has 28 heavy (non-hydrogen) atoms. The molecule has 1 spiro atoms. The molecule has 2 aliphatic rings. The zero-order valence-corrected chi connectivity index (χ0v) is 17.3. The molecule has 0 saturated heterocycles. The van der Waals surface area contributed by atoms with E-state index in [1.165, 1.54) is 26.6 Å². The first-order valence-corrected chi connectivity index (χ1v) is 10.9. The number of ether oxygens (including phenoxy) is 1. The van der Waals surface area contributed by atoms with Gasteiger partial charge in [0.05, 0.1) is 12.2 Å². The largest absolute Gasteiger partial charge is 0.370 e.